The summed E-state index contributed by atoms with van der Waals surface area (Å²) in [5.41, 5.74) is 1.32. The molecule has 0 aliphatic heterocycles. The number of anilines is 1. The molecular weight excluding hydrogens is 236 g/mol. The topological polar surface area (TPSA) is 42.7 Å². The Balaban J connectivity index is 1.60. The van der Waals surface area contributed by atoms with Crippen LogP contribution in [-0.2, 0) is 13.0 Å². The van der Waals surface area contributed by atoms with Gasteiger partial charge in [0.15, 0.2) is 0 Å². The van der Waals surface area contributed by atoms with Crippen LogP contribution in [0.1, 0.15) is 31.2 Å². The highest BCUT2D eigenvalue weighted by Crippen LogP contribution is 2.21. The Morgan fingerprint density at radius 1 is 1.16 bits per heavy atom. The van der Waals surface area contributed by atoms with Crippen LogP contribution in [0.4, 0.5) is 5.95 Å². The maximum Gasteiger partial charge on any atom is 0.202 e. The first-order valence-corrected chi connectivity index (χ1v) is 7.08. The molecule has 0 atom stereocenters. The molecule has 0 amide bonds. The minimum Gasteiger partial charge on any atom is -0.353 e. The van der Waals surface area contributed by atoms with Gasteiger partial charge in [0, 0.05) is 37.4 Å². The zero-order chi connectivity index (χ0) is 12.9. The lowest BCUT2D eigenvalue weighted by atomic mass is 10.2. The van der Waals surface area contributed by atoms with E-state index in [0.717, 1.165) is 18.9 Å². The van der Waals surface area contributed by atoms with Gasteiger partial charge in [-0.25, -0.2) is 4.98 Å². The van der Waals surface area contributed by atoms with Gasteiger partial charge < -0.3 is 9.88 Å². The number of aromatic nitrogens is 3. The predicted molar refractivity (Wildman–Crippen MR) is 76.0 cm³/mol. The summed E-state index contributed by atoms with van der Waals surface area (Å²) in [6.07, 6.45) is 13.9. The smallest absolute Gasteiger partial charge is 0.202 e. The Bertz CT molecular complexity index is 500. The van der Waals surface area contributed by atoms with Crippen LogP contribution in [0.5, 0.6) is 0 Å². The van der Waals surface area contributed by atoms with E-state index < -0.39 is 0 Å². The zero-order valence-corrected chi connectivity index (χ0v) is 11.1. The normalized spacial score (nSPS) is 15.8. The molecule has 100 valence electrons. The molecule has 4 heteroatoms. The molecule has 2 heterocycles. The van der Waals surface area contributed by atoms with Crippen LogP contribution >= 0.6 is 0 Å². The van der Waals surface area contributed by atoms with E-state index in [1.807, 2.05) is 18.6 Å². The molecule has 0 unspecified atom stereocenters. The minimum absolute atomic E-state index is 0.613. The first-order valence-electron chi connectivity index (χ1n) is 7.08. The van der Waals surface area contributed by atoms with Crippen LogP contribution < -0.4 is 5.32 Å². The van der Waals surface area contributed by atoms with Gasteiger partial charge in [-0.05, 0) is 37.0 Å². The van der Waals surface area contributed by atoms with Crippen LogP contribution in [0.25, 0.3) is 0 Å². The third kappa shape index (κ3) is 3.13. The summed E-state index contributed by atoms with van der Waals surface area (Å²) >= 11 is 0. The average molecular weight is 256 g/mol. The molecule has 0 aromatic carbocycles. The fourth-order valence-electron chi connectivity index (χ4n) is 2.68. The molecule has 2 aromatic heterocycles. The Hall–Kier alpha value is -1.84. The van der Waals surface area contributed by atoms with E-state index in [0.29, 0.717) is 6.04 Å². The van der Waals surface area contributed by atoms with Crippen LogP contribution in [0.3, 0.4) is 0 Å². The van der Waals surface area contributed by atoms with Gasteiger partial charge in [-0.15, -0.1) is 0 Å². The number of nitrogens with zero attached hydrogens (tertiary/aromatic N) is 3. The van der Waals surface area contributed by atoms with Crippen molar-refractivity contribution in [3.8, 4) is 0 Å². The van der Waals surface area contributed by atoms with E-state index in [1.165, 1.54) is 31.2 Å². The first kappa shape index (κ1) is 12.2. The van der Waals surface area contributed by atoms with Crippen molar-refractivity contribution in [2.45, 2.75) is 44.7 Å². The molecule has 4 nitrogen and oxygen atoms in total. The summed E-state index contributed by atoms with van der Waals surface area (Å²) in [5, 5.41) is 3.57. The third-order valence-corrected chi connectivity index (χ3v) is 3.79. The lowest BCUT2D eigenvalue weighted by Crippen LogP contribution is -2.18. The predicted octanol–water partition coefficient (Wildman–Crippen LogP) is 2.88. The monoisotopic (exact) mass is 256 g/mol. The molecule has 3 rings (SSSR count). The van der Waals surface area contributed by atoms with Crippen molar-refractivity contribution in [2.75, 3.05) is 5.32 Å². The van der Waals surface area contributed by atoms with Gasteiger partial charge in [0.1, 0.15) is 0 Å². The zero-order valence-electron chi connectivity index (χ0n) is 11.1. The van der Waals surface area contributed by atoms with E-state index in [1.54, 1.807) is 0 Å². The van der Waals surface area contributed by atoms with Crippen LogP contribution in [0.15, 0.2) is 36.9 Å². The standard InChI is InChI=1S/C15H20N4/c1-2-4-14(3-1)18-15-17-10-12-19(15)11-7-13-5-8-16-9-6-13/h5-6,8-10,12,14H,1-4,7,11H2,(H,17,18). The number of rotatable bonds is 5. The van der Waals surface area contributed by atoms with E-state index in [9.17, 15) is 0 Å². The van der Waals surface area contributed by atoms with Crippen molar-refractivity contribution in [1.29, 1.82) is 0 Å². The Labute approximate surface area is 113 Å². The van der Waals surface area contributed by atoms with Crippen LogP contribution in [-0.4, -0.2) is 20.6 Å². The third-order valence-electron chi connectivity index (χ3n) is 3.79. The van der Waals surface area contributed by atoms with Gasteiger partial charge >= 0.3 is 0 Å². The van der Waals surface area contributed by atoms with Gasteiger partial charge in [-0.2, -0.15) is 0 Å². The number of hydrogen-bond donors (Lipinski definition) is 1. The number of aryl methyl sites for hydroxylation is 2. The molecule has 19 heavy (non-hydrogen) atoms. The molecule has 0 bridgehead atoms. The molecule has 1 aliphatic carbocycles. The largest absolute Gasteiger partial charge is 0.353 e. The fraction of sp³-hybridized carbons (Fsp3) is 0.467. The molecular formula is C15H20N4. The Kier molecular flexibility index (Phi) is 3.77. The minimum atomic E-state index is 0.613. The van der Waals surface area contributed by atoms with E-state index in [4.69, 9.17) is 0 Å². The highest BCUT2D eigenvalue weighted by Gasteiger charge is 2.16. The molecule has 1 N–H and O–H groups in total. The number of hydrogen-bond acceptors (Lipinski definition) is 3. The summed E-state index contributed by atoms with van der Waals surface area (Å²) in [7, 11) is 0. The van der Waals surface area contributed by atoms with Crippen molar-refractivity contribution in [2.24, 2.45) is 0 Å². The van der Waals surface area contributed by atoms with Gasteiger partial charge in [-0.1, -0.05) is 12.8 Å². The average Bonchev–Trinajstić information content (AvgIpc) is 3.10. The molecule has 1 fully saturated rings. The summed E-state index contributed by atoms with van der Waals surface area (Å²) in [6, 6.07) is 4.75. The maximum atomic E-state index is 4.43. The second-order valence-corrected chi connectivity index (χ2v) is 5.18. The number of pyridine rings is 1. The lowest BCUT2D eigenvalue weighted by molar-refractivity contribution is 0.674. The molecule has 0 radical (unpaired) electrons. The fourth-order valence-corrected chi connectivity index (χ4v) is 2.68. The molecule has 0 spiro atoms. The molecule has 1 saturated carbocycles. The quantitative estimate of drug-likeness (QED) is 0.894. The van der Waals surface area contributed by atoms with Crippen molar-refractivity contribution < 1.29 is 0 Å². The van der Waals surface area contributed by atoms with E-state index >= 15 is 0 Å². The van der Waals surface area contributed by atoms with E-state index in [-0.39, 0.29) is 0 Å². The molecule has 2 aromatic rings. The van der Waals surface area contributed by atoms with Crippen molar-refractivity contribution >= 4 is 5.95 Å². The maximum absolute atomic E-state index is 4.43. The molecule has 1 aliphatic rings. The Morgan fingerprint density at radius 2 is 1.95 bits per heavy atom. The molecule has 0 saturated heterocycles. The number of nitrogens with one attached hydrogen (secondary N) is 1. The summed E-state index contributed by atoms with van der Waals surface area (Å²) in [6.45, 7) is 0.957. The summed E-state index contributed by atoms with van der Waals surface area (Å²) < 4.78 is 2.21. The SMILES string of the molecule is c1cc(CCn2ccnc2NC2CCCC2)ccn1. The van der Waals surface area contributed by atoms with E-state index in [2.05, 4.69) is 38.2 Å². The van der Waals surface area contributed by atoms with Gasteiger partial charge in [0.2, 0.25) is 5.95 Å². The number of imidazole rings is 1. The second kappa shape index (κ2) is 5.87. The van der Waals surface area contributed by atoms with Gasteiger partial charge in [0.25, 0.3) is 0 Å². The first-order chi connectivity index (χ1) is 9.42. The van der Waals surface area contributed by atoms with Gasteiger partial charge in [-0.3, -0.25) is 4.98 Å². The summed E-state index contributed by atoms with van der Waals surface area (Å²) in [5.74, 6) is 1.01. The lowest BCUT2D eigenvalue weighted by Gasteiger charge is -2.14. The van der Waals surface area contributed by atoms with Crippen molar-refractivity contribution in [1.82, 2.24) is 14.5 Å². The van der Waals surface area contributed by atoms with Crippen molar-refractivity contribution in [3.63, 3.8) is 0 Å². The van der Waals surface area contributed by atoms with Crippen LogP contribution in [0, 0.1) is 0 Å². The second-order valence-electron chi connectivity index (χ2n) is 5.18. The van der Waals surface area contributed by atoms with Crippen LogP contribution in [0.2, 0.25) is 0 Å². The van der Waals surface area contributed by atoms with Gasteiger partial charge in [0.05, 0.1) is 0 Å². The summed E-state index contributed by atoms with van der Waals surface area (Å²) in [4.78, 5) is 8.48. The highest BCUT2D eigenvalue weighted by molar-refractivity contribution is 5.28. The highest BCUT2D eigenvalue weighted by atomic mass is 15.2. The Morgan fingerprint density at radius 3 is 2.74 bits per heavy atom. The van der Waals surface area contributed by atoms with Crippen molar-refractivity contribution in [3.05, 3.63) is 42.5 Å².